The summed E-state index contributed by atoms with van der Waals surface area (Å²) in [4.78, 5) is 5.55. The first-order valence-electron chi connectivity index (χ1n) is 4.99. The number of nitrogens with zero attached hydrogens (tertiary/aromatic N) is 1. The van der Waals surface area contributed by atoms with Gasteiger partial charge in [0.05, 0.1) is 18.4 Å². The van der Waals surface area contributed by atoms with E-state index in [1.165, 1.54) is 4.90 Å². The first-order valence-corrected chi connectivity index (χ1v) is 6.21. The average Bonchev–Trinajstić information content (AvgIpc) is 2.38. The van der Waals surface area contributed by atoms with Crippen LogP contribution in [0, 0.1) is 0 Å². The molecule has 82 valence electrons. The van der Waals surface area contributed by atoms with E-state index >= 15 is 0 Å². The fraction of sp³-hybridized carbons (Fsp3) is 0.154. The highest BCUT2D eigenvalue weighted by molar-refractivity contribution is 7.98. The maximum absolute atomic E-state index is 5.39. The summed E-state index contributed by atoms with van der Waals surface area (Å²) in [5.74, 6) is 0.866. The zero-order valence-electron chi connectivity index (χ0n) is 9.31. The SMILES string of the molecule is COc1cccc(SC)c1-c1ccccn1. The molecule has 1 heterocycles. The molecule has 0 saturated carbocycles. The molecule has 1 aromatic heterocycles. The second-order valence-corrected chi connectivity index (χ2v) is 4.10. The van der Waals surface area contributed by atoms with Crippen molar-refractivity contribution in [1.29, 1.82) is 0 Å². The second-order valence-electron chi connectivity index (χ2n) is 3.25. The number of hydrogen-bond donors (Lipinski definition) is 0. The number of benzene rings is 1. The standard InChI is InChI=1S/C13H13NOS/c1-15-11-7-5-8-12(16-2)13(11)10-6-3-4-9-14-10/h3-9H,1-2H3. The molecule has 0 saturated heterocycles. The van der Waals surface area contributed by atoms with Crippen molar-refractivity contribution in [2.75, 3.05) is 13.4 Å². The van der Waals surface area contributed by atoms with Gasteiger partial charge in [-0.25, -0.2) is 0 Å². The van der Waals surface area contributed by atoms with E-state index in [0.717, 1.165) is 17.0 Å². The van der Waals surface area contributed by atoms with Crippen molar-refractivity contribution in [2.45, 2.75) is 4.90 Å². The molecule has 0 fully saturated rings. The minimum Gasteiger partial charge on any atom is -0.496 e. The number of hydrogen-bond acceptors (Lipinski definition) is 3. The third-order valence-corrected chi connectivity index (χ3v) is 3.13. The highest BCUT2D eigenvalue weighted by Crippen LogP contribution is 2.36. The van der Waals surface area contributed by atoms with Crippen LogP contribution in [0.15, 0.2) is 47.5 Å². The molecule has 3 heteroatoms. The molecule has 0 radical (unpaired) electrons. The summed E-state index contributed by atoms with van der Waals surface area (Å²) in [5, 5.41) is 0. The Morgan fingerprint density at radius 2 is 2.00 bits per heavy atom. The summed E-state index contributed by atoms with van der Waals surface area (Å²) in [7, 11) is 1.69. The van der Waals surface area contributed by atoms with Crippen LogP contribution in [0.5, 0.6) is 5.75 Å². The highest BCUT2D eigenvalue weighted by atomic mass is 32.2. The Balaban J connectivity index is 2.62. The van der Waals surface area contributed by atoms with Gasteiger partial charge in [0, 0.05) is 11.1 Å². The van der Waals surface area contributed by atoms with Gasteiger partial charge < -0.3 is 4.74 Å². The molecule has 2 nitrogen and oxygen atoms in total. The Morgan fingerprint density at radius 1 is 1.12 bits per heavy atom. The van der Waals surface area contributed by atoms with Gasteiger partial charge in [0.25, 0.3) is 0 Å². The maximum atomic E-state index is 5.39. The lowest BCUT2D eigenvalue weighted by Crippen LogP contribution is -1.91. The van der Waals surface area contributed by atoms with E-state index in [9.17, 15) is 0 Å². The summed E-state index contributed by atoms with van der Waals surface area (Å²) in [5.41, 5.74) is 2.02. The van der Waals surface area contributed by atoms with Crippen LogP contribution < -0.4 is 4.74 Å². The van der Waals surface area contributed by atoms with Crippen LogP contribution in [-0.2, 0) is 0 Å². The van der Waals surface area contributed by atoms with Crippen molar-refractivity contribution in [3.63, 3.8) is 0 Å². The second kappa shape index (κ2) is 5.03. The summed E-state index contributed by atoms with van der Waals surface area (Å²) in [6.07, 6.45) is 3.85. The van der Waals surface area contributed by atoms with E-state index in [1.54, 1.807) is 25.1 Å². The van der Waals surface area contributed by atoms with Crippen molar-refractivity contribution in [1.82, 2.24) is 4.98 Å². The molecule has 2 aromatic rings. The van der Waals surface area contributed by atoms with Crippen LogP contribution in [0.2, 0.25) is 0 Å². The Kier molecular flexibility index (Phi) is 3.47. The number of methoxy groups -OCH3 is 1. The van der Waals surface area contributed by atoms with Gasteiger partial charge in [-0.1, -0.05) is 12.1 Å². The van der Waals surface area contributed by atoms with Gasteiger partial charge in [-0.05, 0) is 30.5 Å². The smallest absolute Gasteiger partial charge is 0.129 e. The topological polar surface area (TPSA) is 22.1 Å². The Hall–Kier alpha value is -1.48. The van der Waals surface area contributed by atoms with E-state index in [0.29, 0.717) is 0 Å². The predicted octanol–water partition coefficient (Wildman–Crippen LogP) is 3.48. The summed E-state index contributed by atoms with van der Waals surface area (Å²) in [6.45, 7) is 0. The third kappa shape index (κ3) is 2.04. The molecular formula is C13H13NOS. The summed E-state index contributed by atoms with van der Waals surface area (Å²) >= 11 is 1.70. The zero-order chi connectivity index (χ0) is 11.4. The van der Waals surface area contributed by atoms with Crippen molar-refractivity contribution in [3.05, 3.63) is 42.6 Å². The van der Waals surface area contributed by atoms with E-state index in [4.69, 9.17) is 4.74 Å². The molecule has 0 amide bonds. The Morgan fingerprint density at radius 3 is 2.62 bits per heavy atom. The van der Waals surface area contributed by atoms with Gasteiger partial charge >= 0.3 is 0 Å². The number of ether oxygens (including phenoxy) is 1. The van der Waals surface area contributed by atoms with Gasteiger partial charge in [-0.15, -0.1) is 11.8 Å². The van der Waals surface area contributed by atoms with Gasteiger partial charge in [0.2, 0.25) is 0 Å². The van der Waals surface area contributed by atoms with Crippen LogP contribution in [-0.4, -0.2) is 18.3 Å². The number of thioether (sulfide) groups is 1. The monoisotopic (exact) mass is 231 g/mol. The predicted molar refractivity (Wildman–Crippen MR) is 68.0 cm³/mol. The van der Waals surface area contributed by atoms with Crippen LogP contribution in [0.4, 0.5) is 0 Å². The largest absolute Gasteiger partial charge is 0.496 e. The summed E-state index contributed by atoms with van der Waals surface area (Å²) < 4.78 is 5.39. The molecule has 0 spiro atoms. The first-order chi connectivity index (χ1) is 7.86. The number of aromatic nitrogens is 1. The number of rotatable bonds is 3. The van der Waals surface area contributed by atoms with Gasteiger partial charge in [-0.2, -0.15) is 0 Å². The quantitative estimate of drug-likeness (QED) is 0.755. The van der Waals surface area contributed by atoms with Crippen molar-refractivity contribution in [3.8, 4) is 17.0 Å². The van der Waals surface area contributed by atoms with Gasteiger partial charge in [-0.3, -0.25) is 4.98 Å². The van der Waals surface area contributed by atoms with Crippen molar-refractivity contribution < 1.29 is 4.74 Å². The fourth-order valence-electron chi connectivity index (χ4n) is 1.61. The summed E-state index contributed by atoms with van der Waals surface area (Å²) in [6, 6.07) is 11.9. The normalized spacial score (nSPS) is 10.1. The molecule has 2 rings (SSSR count). The van der Waals surface area contributed by atoms with Crippen LogP contribution in [0.1, 0.15) is 0 Å². The molecule has 0 unspecified atom stereocenters. The van der Waals surface area contributed by atoms with Crippen molar-refractivity contribution >= 4 is 11.8 Å². The lowest BCUT2D eigenvalue weighted by molar-refractivity contribution is 0.415. The first kappa shape index (κ1) is 11.0. The van der Waals surface area contributed by atoms with E-state index in [1.807, 2.05) is 30.3 Å². The molecule has 1 aromatic carbocycles. The Bertz CT molecular complexity index is 448. The molecule has 0 N–H and O–H groups in total. The molecular weight excluding hydrogens is 218 g/mol. The van der Waals surface area contributed by atoms with Crippen LogP contribution in [0.3, 0.4) is 0 Å². The fourth-order valence-corrected chi connectivity index (χ4v) is 2.24. The minimum atomic E-state index is 0.866. The van der Waals surface area contributed by atoms with E-state index < -0.39 is 0 Å². The van der Waals surface area contributed by atoms with E-state index in [2.05, 4.69) is 17.3 Å². The average molecular weight is 231 g/mol. The molecule has 0 aliphatic carbocycles. The lowest BCUT2D eigenvalue weighted by atomic mass is 10.1. The van der Waals surface area contributed by atoms with E-state index in [-0.39, 0.29) is 0 Å². The highest BCUT2D eigenvalue weighted by Gasteiger charge is 2.11. The third-order valence-electron chi connectivity index (χ3n) is 2.35. The maximum Gasteiger partial charge on any atom is 0.129 e. The molecule has 0 atom stereocenters. The zero-order valence-corrected chi connectivity index (χ0v) is 10.1. The molecule has 0 aliphatic heterocycles. The van der Waals surface area contributed by atoms with Crippen molar-refractivity contribution in [2.24, 2.45) is 0 Å². The number of pyridine rings is 1. The van der Waals surface area contributed by atoms with Gasteiger partial charge in [0.15, 0.2) is 0 Å². The molecule has 0 bridgehead atoms. The van der Waals surface area contributed by atoms with Crippen LogP contribution in [0.25, 0.3) is 11.3 Å². The molecule has 0 aliphatic rings. The molecule has 16 heavy (non-hydrogen) atoms. The Labute approximate surface area is 99.7 Å². The van der Waals surface area contributed by atoms with Crippen LogP contribution >= 0.6 is 11.8 Å². The minimum absolute atomic E-state index is 0.866. The van der Waals surface area contributed by atoms with Gasteiger partial charge in [0.1, 0.15) is 5.75 Å². The lowest BCUT2D eigenvalue weighted by Gasteiger charge is -2.11.